The fourth-order valence-corrected chi connectivity index (χ4v) is 3.64. The molecule has 0 aliphatic heterocycles. The SMILES string of the molecule is CN(NC(=O)c1ccc(C=CC(c2cc(Cl)c(Cl)c(Cl)c2)C(F)(F)F)cc1C(F)(F)F)C(=O)NCC(F)(F)F. The number of rotatable bonds is 5. The summed E-state index contributed by atoms with van der Waals surface area (Å²) in [4.78, 5) is 24.0. The average molecular weight is 631 g/mol. The van der Waals surface area contributed by atoms with Gasteiger partial charge in [0.1, 0.15) is 6.54 Å². The van der Waals surface area contributed by atoms with Crippen molar-refractivity contribution in [1.29, 1.82) is 0 Å². The molecule has 17 heteroatoms. The van der Waals surface area contributed by atoms with Gasteiger partial charge < -0.3 is 5.32 Å². The number of benzene rings is 2. The van der Waals surface area contributed by atoms with E-state index in [4.69, 9.17) is 34.8 Å². The molecule has 39 heavy (non-hydrogen) atoms. The molecule has 0 aliphatic carbocycles. The molecule has 2 aromatic carbocycles. The summed E-state index contributed by atoms with van der Waals surface area (Å²) in [7, 11) is 0.778. The summed E-state index contributed by atoms with van der Waals surface area (Å²) >= 11 is 17.3. The number of carbonyl (C=O) groups excluding carboxylic acids is 2. The highest BCUT2D eigenvalue weighted by atomic mass is 35.5. The largest absolute Gasteiger partial charge is 0.417 e. The number of allylic oxidation sites excluding steroid dienone is 1. The van der Waals surface area contributed by atoms with Gasteiger partial charge in [-0.2, -0.15) is 39.5 Å². The van der Waals surface area contributed by atoms with Crippen LogP contribution in [-0.2, 0) is 6.18 Å². The van der Waals surface area contributed by atoms with Crippen LogP contribution in [0.4, 0.5) is 44.3 Å². The molecule has 0 radical (unpaired) electrons. The van der Waals surface area contributed by atoms with E-state index in [-0.39, 0.29) is 20.1 Å². The molecule has 1 atom stereocenters. The molecule has 0 aromatic heterocycles. The van der Waals surface area contributed by atoms with Crippen LogP contribution in [0.15, 0.2) is 36.4 Å². The molecule has 0 bridgehead atoms. The van der Waals surface area contributed by atoms with E-state index < -0.39 is 65.2 Å². The normalized spacial score (nSPS) is 13.4. The van der Waals surface area contributed by atoms with E-state index in [0.29, 0.717) is 18.2 Å². The van der Waals surface area contributed by atoms with Crippen LogP contribution in [0.2, 0.25) is 15.1 Å². The fraction of sp³-hybridized carbons (Fsp3) is 0.273. The summed E-state index contributed by atoms with van der Waals surface area (Å²) in [5.74, 6) is -3.88. The second-order valence-corrected chi connectivity index (χ2v) is 8.95. The van der Waals surface area contributed by atoms with Crippen molar-refractivity contribution in [1.82, 2.24) is 15.8 Å². The van der Waals surface area contributed by atoms with E-state index in [2.05, 4.69) is 0 Å². The van der Waals surface area contributed by atoms with E-state index in [0.717, 1.165) is 31.3 Å². The molecular formula is C22H15Cl3F9N3O2. The Balaban J connectivity index is 2.37. The molecule has 5 nitrogen and oxygen atoms in total. The van der Waals surface area contributed by atoms with E-state index in [9.17, 15) is 49.1 Å². The van der Waals surface area contributed by atoms with Gasteiger partial charge in [0.05, 0.1) is 32.1 Å². The van der Waals surface area contributed by atoms with Gasteiger partial charge in [-0.25, -0.2) is 9.80 Å². The zero-order valence-electron chi connectivity index (χ0n) is 19.1. The number of hydrogen-bond acceptors (Lipinski definition) is 2. The Morgan fingerprint density at radius 3 is 2.00 bits per heavy atom. The van der Waals surface area contributed by atoms with Gasteiger partial charge in [-0.15, -0.1) is 0 Å². The maximum absolute atomic E-state index is 13.7. The third-order valence-electron chi connectivity index (χ3n) is 4.81. The maximum Gasteiger partial charge on any atom is 0.417 e. The van der Waals surface area contributed by atoms with Crippen molar-refractivity contribution in [3.63, 3.8) is 0 Å². The van der Waals surface area contributed by atoms with E-state index >= 15 is 0 Å². The van der Waals surface area contributed by atoms with Crippen molar-refractivity contribution in [2.24, 2.45) is 0 Å². The Bertz CT molecular complexity index is 1240. The van der Waals surface area contributed by atoms with E-state index in [1.165, 1.54) is 5.32 Å². The predicted molar refractivity (Wildman–Crippen MR) is 125 cm³/mol. The second kappa shape index (κ2) is 12.1. The molecule has 0 fully saturated rings. The molecule has 0 saturated heterocycles. The third-order valence-corrected chi connectivity index (χ3v) is 6.00. The first kappa shape index (κ1) is 32.4. The molecule has 0 spiro atoms. The van der Waals surface area contributed by atoms with Crippen LogP contribution < -0.4 is 10.7 Å². The Hall–Kier alpha value is -2.84. The van der Waals surface area contributed by atoms with Gasteiger partial charge in [-0.05, 0) is 35.4 Å². The minimum absolute atomic E-state index is 0.193. The number of alkyl halides is 9. The lowest BCUT2D eigenvalue weighted by Crippen LogP contribution is -2.50. The summed E-state index contributed by atoms with van der Waals surface area (Å²) in [5, 5.41) is 0.826. The number of carbonyl (C=O) groups is 2. The highest BCUT2D eigenvalue weighted by molar-refractivity contribution is 6.48. The van der Waals surface area contributed by atoms with Gasteiger partial charge in [0.15, 0.2) is 0 Å². The van der Waals surface area contributed by atoms with Crippen LogP contribution in [0.5, 0.6) is 0 Å². The van der Waals surface area contributed by atoms with Crippen LogP contribution in [0.25, 0.3) is 6.08 Å². The van der Waals surface area contributed by atoms with Crippen LogP contribution in [0.3, 0.4) is 0 Å². The lowest BCUT2D eigenvalue weighted by atomic mass is 9.96. The predicted octanol–water partition coefficient (Wildman–Crippen LogP) is 7.87. The first-order valence-corrected chi connectivity index (χ1v) is 11.3. The number of hydrazine groups is 1. The first-order valence-electron chi connectivity index (χ1n) is 10.2. The Labute approximate surface area is 229 Å². The quantitative estimate of drug-likeness (QED) is 0.201. The van der Waals surface area contributed by atoms with Gasteiger partial charge in [0, 0.05) is 7.05 Å². The molecule has 0 heterocycles. The molecule has 0 saturated carbocycles. The molecular weight excluding hydrogens is 616 g/mol. The molecule has 0 aliphatic rings. The molecule has 2 rings (SSSR count). The van der Waals surface area contributed by atoms with Crippen molar-refractivity contribution in [2.45, 2.75) is 24.4 Å². The van der Waals surface area contributed by atoms with Crippen molar-refractivity contribution in [3.05, 3.63) is 73.7 Å². The van der Waals surface area contributed by atoms with Crippen LogP contribution in [0.1, 0.15) is 33.0 Å². The molecule has 2 N–H and O–H groups in total. The second-order valence-electron chi connectivity index (χ2n) is 7.75. The topological polar surface area (TPSA) is 61.4 Å². The maximum atomic E-state index is 13.7. The zero-order valence-corrected chi connectivity index (χ0v) is 21.4. The van der Waals surface area contributed by atoms with E-state index in [1.54, 1.807) is 5.43 Å². The zero-order chi connectivity index (χ0) is 29.9. The third kappa shape index (κ3) is 9.11. The number of urea groups is 1. The first-order chi connectivity index (χ1) is 17.7. The van der Waals surface area contributed by atoms with Gasteiger partial charge in [-0.1, -0.05) is 53.0 Å². The lowest BCUT2D eigenvalue weighted by Gasteiger charge is -2.21. The monoisotopic (exact) mass is 629 g/mol. The minimum Gasteiger partial charge on any atom is -0.327 e. The van der Waals surface area contributed by atoms with E-state index in [1.807, 2.05) is 0 Å². The Kier molecular flexibility index (Phi) is 10.1. The number of nitrogens with one attached hydrogen (secondary N) is 2. The minimum atomic E-state index is -5.19. The van der Waals surface area contributed by atoms with Crippen molar-refractivity contribution >= 4 is 52.8 Å². The molecule has 3 amide bonds. The number of halogens is 12. The average Bonchev–Trinajstić information content (AvgIpc) is 2.78. The highest BCUT2D eigenvalue weighted by Gasteiger charge is 2.40. The van der Waals surface area contributed by atoms with Gasteiger partial charge in [0.2, 0.25) is 0 Å². The fourth-order valence-electron chi connectivity index (χ4n) is 3.03. The summed E-state index contributed by atoms with van der Waals surface area (Å²) in [6.45, 7) is -1.77. The molecule has 214 valence electrons. The van der Waals surface area contributed by atoms with Gasteiger partial charge in [-0.3, -0.25) is 10.2 Å². The Morgan fingerprint density at radius 1 is 0.949 bits per heavy atom. The molecule has 1 unspecified atom stereocenters. The summed E-state index contributed by atoms with van der Waals surface area (Å²) < 4.78 is 119. The number of nitrogens with zero attached hydrogens (tertiary/aromatic N) is 1. The van der Waals surface area contributed by atoms with Crippen molar-refractivity contribution in [3.8, 4) is 0 Å². The van der Waals surface area contributed by atoms with Crippen LogP contribution >= 0.6 is 34.8 Å². The smallest absolute Gasteiger partial charge is 0.327 e. The number of hydrogen-bond donors (Lipinski definition) is 2. The van der Waals surface area contributed by atoms with Crippen LogP contribution in [-0.4, -0.2) is 42.9 Å². The highest BCUT2D eigenvalue weighted by Crippen LogP contribution is 2.41. The van der Waals surface area contributed by atoms with Crippen molar-refractivity contribution < 1.29 is 49.1 Å². The van der Waals surface area contributed by atoms with Gasteiger partial charge in [0.25, 0.3) is 5.91 Å². The lowest BCUT2D eigenvalue weighted by molar-refractivity contribution is -0.139. The standard InChI is InChI=1S/C22H15Cl3F9N3O2/c1-37(19(39)35-9-20(26,27)28)36-18(38)12-4-2-10(6-14(12)22(32,33)34)3-5-13(21(29,30)31)11-7-15(23)17(25)16(24)8-11/h2-8,13H,9H2,1H3,(H,35,39)(H,36,38). The Morgan fingerprint density at radius 2 is 1.51 bits per heavy atom. The number of amides is 3. The van der Waals surface area contributed by atoms with Crippen molar-refractivity contribution in [2.75, 3.05) is 13.6 Å². The summed E-state index contributed by atoms with van der Waals surface area (Å²) in [5.41, 5.74) is -1.80. The summed E-state index contributed by atoms with van der Waals surface area (Å²) in [6.07, 6.45) is -13.6. The molecule has 2 aromatic rings. The summed E-state index contributed by atoms with van der Waals surface area (Å²) in [6, 6.07) is 2.21. The van der Waals surface area contributed by atoms with Crippen LogP contribution in [0, 0.1) is 0 Å². The van der Waals surface area contributed by atoms with Gasteiger partial charge >= 0.3 is 24.6 Å².